The standard InChI is InChI=1S/C17H11NO3S2/c19-15-14(10-11-5-4-6-12(9-11)16(20)21)23-17(22)18(15)13-7-2-1-3-8-13/h1-10H,(H,20,21)/b14-10+. The van der Waals surface area contributed by atoms with Gasteiger partial charge in [-0.25, -0.2) is 4.79 Å². The first-order valence-electron chi connectivity index (χ1n) is 6.72. The van der Waals surface area contributed by atoms with Crippen LogP contribution in [0.3, 0.4) is 0 Å². The fourth-order valence-corrected chi connectivity index (χ4v) is 3.48. The molecule has 0 radical (unpaired) electrons. The molecule has 6 heteroatoms. The van der Waals surface area contributed by atoms with E-state index in [1.807, 2.05) is 30.3 Å². The Morgan fingerprint density at radius 3 is 2.57 bits per heavy atom. The molecule has 3 rings (SSSR count). The van der Waals surface area contributed by atoms with Gasteiger partial charge in [-0.15, -0.1) is 0 Å². The summed E-state index contributed by atoms with van der Waals surface area (Å²) in [5, 5.41) is 9.03. The van der Waals surface area contributed by atoms with E-state index in [4.69, 9.17) is 17.3 Å². The Kier molecular flexibility index (Phi) is 4.27. The Balaban J connectivity index is 1.93. The van der Waals surface area contributed by atoms with E-state index < -0.39 is 5.97 Å². The lowest BCUT2D eigenvalue weighted by molar-refractivity contribution is -0.113. The lowest BCUT2D eigenvalue weighted by atomic mass is 10.1. The highest BCUT2D eigenvalue weighted by Crippen LogP contribution is 2.35. The number of para-hydroxylation sites is 1. The molecule has 2 aromatic rings. The van der Waals surface area contributed by atoms with E-state index in [1.54, 1.807) is 18.2 Å². The van der Waals surface area contributed by atoms with Crippen LogP contribution in [-0.2, 0) is 4.79 Å². The van der Waals surface area contributed by atoms with E-state index >= 15 is 0 Å². The highest BCUT2D eigenvalue weighted by Gasteiger charge is 2.33. The fraction of sp³-hybridized carbons (Fsp3) is 0. The first-order valence-corrected chi connectivity index (χ1v) is 7.95. The number of amides is 1. The number of carbonyl (C=O) groups is 2. The normalized spacial score (nSPS) is 16.2. The van der Waals surface area contributed by atoms with Crippen molar-refractivity contribution >= 4 is 51.9 Å². The molecule has 0 atom stereocenters. The van der Waals surface area contributed by atoms with Crippen molar-refractivity contribution in [3.63, 3.8) is 0 Å². The molecule has 1 N–H and O–H groups in total. The lowest BCUT2D eigenvalue weighted by Crippen LogP contribution is -2.27. The Bertz CT molecular complexity index is 831. The summed E-state index contributed by atoms with van der Waals surface area (Å²) in [4.78, 5) is 25.5. The van der Waals surface area contributed by atoms with Crippen molar-refractivity contribution in [2.45, 2.75) is 0 Å². The van der Waals surface area contributed by atoms with Crippen LogP contribution in [0.2, 0.25) is 0 Å². The van der Waals surface area contributed by atoms with Gasteiger partial charge < -0.3 is 5.11 Å². The molecule has 114 valence electrons. The van der Waals surface area contributed by atoms with Gasteiger partial charge in [0.2, 0.25) is 0 Å². The van der Waals surface area contributed by atoms with Gasteiger partial charge in [0.1, 0.15) is 0 Å². The highest BCUT2D eigenvalue weighted by atomic mass is 32.2. The number of rotatable bonds is 3. The van der Waals surface area contributed by atoms with E-state index in [0.717, 1.165) is 5.69 Å². The van der Waals surface area contributed by atoms with Gasteiger partial charge in [-0.2, -0.15) is 0 Å². The first kappa shape index (κ1) is 15.5. The summed E-state index contributed by atoms with van der Waals surface area (Å²) in [6.07, 6.45) is 1.66. The number of carbonyl (C=O) groups excluding carboxylic acids is 1. The van der Waals surface area contributed by atoms with Crippen LogP contribution < -0.4 is 4.90 Å². The quantitative estimate of drug-likeness (QED) is 0.680. The molecule has 1 heterocycles. The molecule has 1 aliphatic heterocycles. The zero-order chi connectivity index (χ0) is 16.4. The molecule has 0 unspecified atom stereocenters. The number of hydrogen-bond acceptors (Lipinski definition) is 4. The Morgan fingerprint density at radius 1 is 1.13 bits per heavy atom. The fourth-order valence-electron chi connectivity index (χ4n) is 2.18. The second-order valence-corrected chi connectivity index (χ2v) is 6.46. The third kappa shape index (κ3) is 3.18. The number of anilines is 1. The summed E-state index contributed by atoms with van der Waals surface area (Å²) in [6.45, 7) is 0. The van der Waals surface area contributed by atoms with E-state index in [-0.39, 0.29) is 11.5 Å². The van der Waals surface area contributed by atoms with Crippen LogP contribution in [0.1, 0.15) is 15.9 Å². The number of carboxylic acids is 1. The highest BCUT2D eigenvalue weighted by molar-refractivity contribution is 8.27. The minimum absolute atomic E-state index is 0.178. The van der Waals surface area contributed by atoms with Crippen molar-refractivity contribution in [2.75, 3.05) is 4.90 Å². The van der Waals surface area contributed by atoms with Crippen LogP contribution in [0.4, 0.5) is 5.69 Å². The Labute approximate surface area is 142 Å². The number of thioether (sulfide) groups is 1. The number of nitrogens with zero attached hydrogens (tertiary/aromatic N) is 1. The van der Waals surface area contributed by atoms with Crippen molar-refractivity contribution < 1.29 is 14.7 Å². The summed E-state index contributed by atoms with van der Waals surface area (Å²) in [5.74, 6) is -1.20. The summed E-state index contributed by atoms with van der Waals surface area (Å²) >= 11 is 6.50. The molecule has 1 saturated heterocycles. The predicted octanol–water partition coefficient (Wildman–Crippen LogP) is 3.79. The van der Waals surface area contributed by atoms with Crippen LogP contribution in [-0.4, -0.2) is 21.3 Å². The van der Waals surface area contributed by atoms with Gasteiger partial charge in [-0.3, -0.25) is 9.69 Å². The van der Waals surface area contributed by atoms with Gasteiger partial charge in [0.25, 0.3) is 5.91 Å². The second-order valence-electron chi connectivity index (χ2n) is 4.78. The zero-order valence-corrected chi connectivity index (χ0v) is 13.4. The first-order chi connectivity index (χ1) is 11.1. The monoisotopic (exact) mass is 341 g/mol. The average Bonchev–Trinajstić information content (AvgIpc) is 2.82. The summed E-state index contributed by atoms with van der Waals surface area (Å²) in [6, 6.07) is 15.6. The van der Waals surface area contributed by atoms with E-state index in [0.29, 0.717) is 14.8 Å². The van der Waals surface area contributed by atoms with Gasteiger partial charge in [0.15, 0.2) is 4.32 Å². The maximum atomic E-state index is 12.6. The Morgan fingerprint density at radius 2 is 1.87 bits per heavy atom. The van der Waals surface area contributed by atoms with Gasteiger partial charge >= 0.3 is 5.97 Å². The molecule has 1 aliphatic rings. The molecule has 0 aromatic heterocycles. The number of hydrogen-bond donors (Lipinski definition) is 1. The van der Waals surface area contributed by atoms with Crippen molar-refractivity contribution in [3.05, 3.63) is 70.6 Å². The number of thiocarbonyl (C=S) groups is 1. The predicted molar refractivity (Wildman–Crippen MR) is 95.5 cm³/mol. The number of benzene rings is 2. The Hall–Kier alpha value is -2.44. The molecule has 0 saturated carbocycles. The minimum Gasteiger partial charge on any atom is -0.478 e. The zero-order valence-electron chi connectivity index (χ0n) is 11.8. The topological polar surface area (TPSA) is 57.6 Å². The summed E-state index contributed by atoms with van der Waals surface area (Å²) in [5.41, 5.74) is 1.55. The second kappa shape index (κ2) is 6.36. The van der Waals surface area contributed by atoms with Crippen molar-refractivity contribution in [3.8, 4) is 0 Å². The number of aromatic carboxylic acids is 1. The molecule has 0 bridgehead atoms. The molecule has 2 aromatic carbocycles. The van der Waals surface area contributed by atoms with Gasteiger partial charge in [-0.1, -0.05) is 54.3 Å². The molecule has 1 amide bonds. The van der Waals surface area contributed by atoms with Crippen LogP contribution in [0, 0.1) is 0 Å². The van der Waals surface area contributed by atoms with Gasteiger partial charge in [0, 0.05) is 0 Å². The van der Waals surface area contributed by atoms with Crippen LogP contribution in [0.5, 0.6) is 0 Å². The maximum absolute atomic E-state index is 12.6. The maximum Gasteiger partial charge on any atom is 0.335 e. The minimum atomic E-state index is -1.00. The molecular formula is C17H11NO3S2. The van der Waals surface area contributed by atoms with Gasteiger partial charge in [-0.05, 0) is 35.9 Å². The molecule has 1 fully saturated rings. The van der Waals surface area contributed by atoms with Crippen LogP contribution >= 0.6 is 24.0 Å². The molecule has 4 nitrogen and oxygen atoms in total. The smallest absolute Gasteiger partial charge is 0.335 e. The summed E-state index contributed by atoms with van der Waals surface area (Å²) in [7, 11) is 0. The SMILES string of the molecule is O=C(O)c1cccc(/C=C2/SC(=S)N(c3ccccc3)C2=O)c1. The van der Waals surface area contributed by atoms with Crippen LogP contribution in [0.15, 0.2) is 59.5 Å². The third-order valence-corrected chi connectivity index (χ3v) is 4.54. The van der Waals surface area contributed by atoms with E-state index in [9.17, 15) is 9.59 Å². The molecular weight excluding hydrogens is 330 g/mol. The van der Waals surface area contributed by atoms with Gasteiger partial charge in [0.05, 0.1) is 16.2 Å². The van der Waals surface area contributed by atoms with E-state index in [2.05, 4.69) is 0 Å². The lowest BCUT2D eigenvalue weighted by Gasteiger charge is -2.13. The molecule has 23 heavy (non-hydrogen) atoms. The molecule has 0 spiro atoms. The van der Waals surface area contributed by atoms with Crippen molar-refractivity contribution in [1.29, 1.82) is 0 Å². The largest absolute Gasteiger partial charge is 0.478 e. The van der Waals surface area contributed by atoms with Crippen LogP contribution in [0.25, 0.3) is 6.08 Å². The number of carboxylic acid groups (broad SMARTS) is 1. The molecule has 0 aliphatic carbocycles. The third-order valence-electron chi connectivity index (χ3n) is 3.24. The van der Waals surface area contributed by atoms with Crippen molar-refractivity contribution in [1.82, 2.24) is 0 Å². The summed E-state index contributed by atoms with van der Waals surface area (Å²) < 4.78 is 0.460. The van der Waals surface area contributed by atoms with E-state index in [1.165, 1.54) is 28.8 Å². The van der Waals surface area contributed by atoms with Crippen molar-refractivity contribution in [2.24, 2.45) is 0 Å². The average molecular weight is 341 g/mol.